The summed E-state index contributed by atoms with van der Waals surface area (Å²) in [7, 11) is 0. The van der Waals surface area contributed by atoms with Crippen molar-refractivity contribution in [3.05, 3.63) is 46.2 Å². The Bertz CT molecular complexity index is 1390. The number of hydrogen-bond donors (Lipinski definition) is 0. The lowest BCUT2D eigenvalue weighted by Gasteiger charge is -2.07. The standard InChI is InChI=1S/C20H12N4S4/c1-9-3-5-15(25-9)13-7-11-12(17-19(13)23-27-21-17)8-14(16-6-4-10(2)26-16)20-18(11)22-28-24-20/h3-8H,1-2H3. The fraction of sp³-hybridized carbons (Fsp3) is 0.100. The van der Waals surface area contributed by atoms with E-state index in [1.54, 1.807) is 22.7 Å². The molecule has 0 spiro atoms. The van der Waals surface area contributed by atoms with Crippen LogP contribution in [-0.2, 0) is 0 Å². The molecule has 136 valence electrons. The highest BCUT2D eigenvalue weighted by atomic mass is 32.1. The van der Waals surface area contributed by atoms with Crippen molar-refractivity contribution >= 4 is 79.0 Å². The van der Waals surface area contributed by atoms with Gasteiger partial charge in [-0.05, 0) is 50.2 Å². The van der Waals surface area contributed by atoms with Gasteiger partial charge in [-0.15, -0.1) is 22.7 Å². The van der Waals surface area contributed by atoms with Gasteiger partial charge in [0.1, 0.15) is 22.1 Å². The zero-order chi connectivity index (χ0) is 18.8. The van der Waals surface area contributed by atoms with Crippen LogP contribution >= 0.6 is 46.1 Å². The van der Waals surface area contributed by atoms with E-state index in [4.69, 9.17) is 0 Å². The van der Waals surface area contributed by atoms with Gasteiger partial charge in [0.2, 0.25) is 0 Å². The third-order valence-electron chi connectivity index (χ3n) is 4.88. The van der Waals surface area contributed by atoms with Crippen LogP contribution in [0.1, 0.15) is 9.75 Å². The molecule has 0 aliphatic rings. The lowest BCUT2D eigenvalue weighted by Crippen LogP contribution is -1.86. The number of rotatable bonds is 2. The molecule has 4 heterocycles. The largest absolute Gasteiger partial charge is 0.172 e. The van der Waals surface area contributed by atoms with E-state index in [0.717, 1.165) is 44.0 Å². The Hall–Kier alpha value is -2.26. The number of fused-ring (bicyclic) bond motifs is 5. The van der Waals surface area contributed by atoms with Crippen molar-refractivity contribution in [2.45, 2.75) is 13.8 Å². The highest BCUT2D eigenvalue weighted by molar-refractivity contribution is 7.16. The first-order valence-electron chi connectivity index (χ1n) is 8.67. The summed E-state index contributed by atoms with van der Waals surface area (Å²) in [6.45, 7) is 4.26. The maximum absolute atomic E-state index is 4.66. The van der Waals surface area contributed by atoms with Crippen LogP contribution in [0.2, 0.25) is 0 Å². The number of aryl methyl sites for hydroxylation is 2. The summed E-state index contributed by atoms with van der Waals surface area (Å²) in [6, 6.07) is 13.1. The van der Waals surface area contributed by atoms with Gasteiger partial charge in [0.05, 0.1) is 23.5 Å². The van der Waals surface area contributed by atoms with Crippen molar-refractivity contribution in [1.29, 1.82) is 0 Å². The van der Waals surface area contributed by atoms with Crippen LogP contribution in [0.3, 0.4) is 0 Å². The summed E-state index contributed by atoms with van der Waals surface area (Å²) in [4.78, 5) is 5.00. The molecule has 0 radical (unpaired) electrons. The van der Waals surface area contributed by atoms with Gasteiger partial charge in [0.15, 0.2) is 0 Å². The van der Waals surface area contributed by atoms with Gasteiger partial charge in [-0.3, -0.25) is 0 Å². The Morgan fingerprint density at radius 1 is 0.571 bits per heavy atom. The van der Waals surface area contributed by atoms with Crippen LogP contribution in [0.15, 0.2) is 36.4 Å². The van der Waals surface area contributed by atoms with E-state index >= 15 is 0 Å². The summed E-state index contributed by atoms with van der Waals surface area (Å²) in [5.41, 5.74) is 6.10. The molecule has 2 aromatic carbocycles. The van der Waals surface area contributed by atoms with Gasteiger partial charge in [-0.1, -0.05) is 0 Å². The second kappa shape index (κ2) is 6.12. The number of benzene rings is 2. The van der Waals surface area contributed by atoms with E-state index in [9.17, 15) is 0 Å². The van der Waals surface area contributed by atoms with E-state index in [2.05, 4.69) is 67.7 Å². The second-order valence-electron chi connectivity index (χ2n) is 6.69. The molecular weight excluding hydrogens is 425 g/mol. The first-order chi connectivity index (χ1) is 13.7. The van der Waals surface area contributed by atoms with Crippen molar-refractivity contribution in [3.63, 3.8) is 0 Å². The Balaban J connectivity index is 1.77. The van der Waals surface area contributed by atoms with Gasteiger partial charge in [-0.25, -0.2) is 0 Å². The average Bonchev–Trinajstić information content (AvgIpc) is 3.47. The van der Waals surface area contributed by atoms with Gasteiger partial charge in [-0.2, -0.15) is 17.5 Å². The molecular formula is C20H12N4S4. The molecule has 0 bridgehead atoms. The molecule has 0 saturated heterocycles. The quantitative estimate of drug-likeness (QED) is 0.295. The number of nitrogens with zero attached hydrogens (tertiary/aromatic N) is 4. The summed E-state index contributed by atoms with van der Waals surface area (Å²) in [5, 5.41) is 2.20. The molecule has 0 atom stereocenters. The van der Waals surface area contributed by atoms with E-state index in [1.165, 1.54) is 43.0 Å². The van der Waals surface area contributed by atoms with E-state index < -0.39 is 0 Å². The van der Waals surface area contributed by atoms with Gasteiger partial charge in [0, 0.05) is 41.4 Å². The summed E-state index contributed by atoms with van der Waals surface area (Å²) < 4.78 is 18.6. The first kappa shape index (κ1) is 16.7. The second-order valence-corrected chi connectivity index (χ2v) is 10.3. The molecule has 4 aromatic heterocycles. The van der Waals surface area contributed by atoms with Crippen molar-refractivity contribution < 1.29 is 0 Å². The van der Waals surface area contributed by atoms with Crippen LogP contribution in [-0.4, -0.2) is 17.5 Å². The SMILES string of the molecule is Cc1ccc(-c2cc3c(cc(-c4ccc(C)s4)c4nsnc43)c3nsnc23)s1. The fourth-order valence-corrected chi connectivity index (χ4v) is 6.51. The van der Waals surface area contributed by atoms with Crippen molar-refractivity contribution in [1.82, 2.24) is 17.5 Å². The molecule has 0 amide bonds. The predicted molar refractivity (Wildman–Crippen MR) is 122 cm³/mol. The third kappa shape index (κ3) is 2.39. The van der Waals surface area contributed by atoms with Gasteiger partial charge < -0.3 is 0 Å². The molecule has 4 nitrogen and oxygen atoms in total. The third-order valence-corrected chi connectivity index (χ3v) is 8.00. The number of aromatic nitrogens is 4. The number of hydrogen-bond acceptors (Lipinski definition) is 8. The maximum atomic E-state index is 4.66. The molecule has 0 unspecified atom stereocenters. The highest BCUT2D eigenvalue weighted by Crippen LogP contribution is 2.42. The highest BCUT2D eigenvalue weighted by Gasteiger charge is 2.19. The fourth-order valence-electron chi connectivity index (χ4n) is 3.59. The minimum Gasteiger partial charge on any atom is -0.172 e. The van der Waals surface area contributed by atoms with Gasteiger partial charge in [0.25, 0.3) is 0 Å². The zero-order valence-electron chi connectivity index (χ0n) is 14.9. The van der Waals surface area contributed by atoms with Crippen LogP contribution in [0, 0.1) is 13.8 Å². The lowest BCUT2D eigenvalue weighted by atomic mass is 9.99. The molecule has 0 saturated carbocycles. The van der Waals surface area contributed by atoms with E-state index in [-0.39, 0.29) is 0 Å². The van der Waals surface area contributed by atoms with Crippen molar-refractivity contribution in [2.75, 3.05) is 0 Å². The smallest absolute Gasteiger partial charge is 0.114 e. The molecule has 0 fully saturated rings. The van der Waals surface area contributed by atoms with Crippen LogP contribution < -0.4 is 0 Å². The lowest BCUT2D eigenvalue weighted by molar-refractivity contribution is 1.63. The van der Waals surface area contributed by atoms with Gasteiger partial charge >= 0.3 is 0 Å². The monoisotopic (exact) mass is 436 g/mol. The Kier molecular flexibility index (Phi) is 3.64. The molecule has 0 N–H and O–H groups in total. The van der Waals surface area contributed by atoms with E-state index in [0.29, 0.717) is 0 Å². The maximum Gasteiger partial charge on any atom is 0.114 e. The van der Waals surface area contributed by atoms with Crippen molar-refractivity contribution in [2.24, 2.45) is 0 Å². The predicted octanol–water partition coefficient (Wildman–Crippen LogP) is 6.92. The molecule has 28 heavy (non-hydrogen) atoms. The summed E-state index contributed by atoms with van der Waals surface area (Å²) in [5.74, 6) is 0. The topological polar surface area (TPSA) is 51.6 Å². The average molecular weight is 437 g/mol. The normalized spacial score (nSPS) is 11.9. The first-order valence-corrected chi connectivity index (χ1v) is 11.8. The van der Waals surface area contributed by atoms with Crippen LogP contribution in [0.4, 0.5) is 0 Å². The minimum atomic E-state index is 0.952. The van der Waals surface area contributed by atoms with Crippen LogP contribution in [0.5, 0.6) is 0 Å². The van der Waals surface area contributed by atoms with Crippen molar-refractivity contribution in [3.8, 4) is 20.9 Å². The zero-order valence-corrected chi connectivity index (χ0v) is 18.2. The molecule has 6 rings (SSSR count). The molecule has 6 aromatic rings. The summed E-state index contributed by atoms with van der Waals surface area (Å²) in [6.07, 6.45) is 0. The molecule has 0 aliphatic carbocycles. The minimum absolute atomic E-state index is 0.952. The molecule has 8 heteroatoms. The van der Waals surface area contributed by atoms with Crippen LogP contribution in [0.25, 0.3) is 53.7 Å². The number of thiophene rings is 2. The Morgan fingerprint density at radius 3 is 1.39 bits per heavy atom. The summed E-state index contributed by atoms with van der Waals surface area (Å²) >= 11 is 6.11. The Morgan fingerprint density at radius 2 is 1.00 bits per heavy atom. The Labute approximate surface area is 176 Å². The molecule has 0 aliphatic heterocycles. The van der Waals surface area contributed by atoms with E-state index in [1.807, 2.05) is 0 Å².